The molecule has 10 heteroatoms. The number of alkyl halides is 3. The summed E-state index contributed by atoms with van der Waals surface area (Å²) in [6.45, 7) is 1.81. The van der Waals surface area contributed by atoms with Crippen molar-refractivity contribution in [1.82, 2.24) is 14.7 Å². The van der Waals surface area contributed by atoms with E-state index in [2.05, 4.69) is 10.4 Å². The van der Waals surface area contributed by atoms with Crippen molar-refractivity contribution in [1.29, 1.82) is 0 Å². The zero-order valence-corrected chi connectivity index (χ0v) is 17.6. The third-order valence-electron chi connectivity index (χ3n) is 5.37. The molecule has 1 saturated heterocycles. The van der Waals surface area contributed by atoms with Crippen LogP contribution in [0, 0.1) is 18.7 Å². The van der Waals surface area contributed by atoms with E-state index in [1.807, 2.05) is 0 Å². The quantitative estimate of drug-likeness (QED) is 0.577. The van der Waals surface area contributed by atoms with Crippen LogP contribution in [0.2, 0.25) is 0 Å². The predicted molar refractivity (Wildman–Crippen MR) is 112 cm³/mol. The molecule has 1 aromatic heterocycles. The monoisotopic (exact) mass is 460 g/mol. The number of hydrogen-bond donors (Lipinski definition) is 1. The van der Waals surface area contributed by atoms with E-state index in [-0.39, 0.29) is 25.4 Å². The van der Waals surface area contributed by atoms with Crippen LogP contribution in [0.3, 0.4) is 0 Å². The molecule has 6 nitrogen and oxygen atoms in total. The first-order chi connectivity index (χ1) is 15.6. The molecular formula is C23H20F4N4O2. The number of carbonyl (C=O) groups excluding carboxylic acids is 2. The second-order valence-corrected chi connectivity index (χ2v) is 7.92. The lowest BCUT2D eigenvalue weighted by molar-refractivity contribution is -0.137. The Hall–Kier alpha value is -3.69. The summed E-state index contributed by atoms with van der Waals surface area (Å²) in [6, 6.07) is 12.0. The highest BCUT2D eigenvalue weighted by atomic mass is 19.4. The number of rotatable bonds is 5. The van der Waals surface area contributed by atoms with E-state index < -0.39 is 29.4 Å². The Bertz CT molecular complexity index is 1190. The van der Waals surface area contributed by atoms with Crippen LogP contribution in [0.1, 0.15) is 23.2 Å². The molecule has 0 spiro atoms. The van der Waals surface area contributed by atoms with E-state index in [9.17, 15) is 27.2 Å². The Morgan fingerprint density at radius 3 is 2.58 bits per heavy atom. The summed E-state index contributed by atoms with van der Waals surface area (Å²) in [5.41, 5.74) is 0.728. The van der Waals surface area contributed by atoms with Crippen molar-refractivity contribution in [3.8, 4) is 5.69 Å². The van der Waals surface area contributed by atoms with Gasteiger partial charge in [-0.1, -0.05) is 12.1 Å². The minimum Gasteiger partial charge on any atom is -0.338 e. The van der Waals surface area contributed by atoms with E-state index in [0.717, 1.165) is 12.1 Å². The fourth-order valence-electron chi connectivity index (χ4n) is 3.76. The van der Waals surface area contributed by atoms with Crippen molar-refractivity contribution >= 4 is 17.6 Å². The smallest absolute Gasteiger partial charge is 0.338 e. The second kappa shape index (κ2) is 8.68. The van der Waals surface area contributed by atoms with Gasteiger partial charge in [0.15, 0.2) is 0 Å². The van der Waals surface area contributed by atoms with E-state index >= 15 is 0 Å². The minimum absolute atomic E-state index is 0.0147. The lowest BCUT2D eigenvalue weighted by atomic mass is 10.1. The van der Waals surface area contributed by atoms with Gasteiger partial charge in [-0.05, 0) is 48.9 Å². The Morgan fingerprint density at radius 2 is 1.88 bits per heavy atom. The third kappa shape index (κ3) is 5.05. The lowest BCUT2D eigenvalue weighted by Crippen LogP contribution is -2.28. The van der Waals surface area contributed by atoms with Crippen LogP contribution in [-0.4, -0.2) is 33.0 Å². The summed E-state index contributed by atoms with van der Waals surface area (Å²) in [4.78, 5) is 26.7. The zero-order valence-electron chi connectivity index (χ0n) is 17.6. The topological polar surface area (TPSA) is 67.2 Å². The minimum atomic E-state index is -4.47. The number of aryl methyl sites for hydroxylation is 1. The second-order valence-electron chi connectivity index (χ2n) is 7.92. The van der Waals surface area contributed by atoms with Crippen molar-refractivity contribution in [2.24, 2.45) is 5.92 Å². The van der Waals surface area contributed by atoms with Gasteiger partial charge in [0.1, 0.15) is 11.6 Å². The van der Waals surface area contributed by atoms with Crippen LogP contribution in [0.5, 0.6) is 0 Å². The first-order valence-electron chi connectivity index (χ1n) is 10.2. The molecule has 4 rings (SSSR count). The van der Waals surface area contributed by atoms with Crippen molar-refractivity contribution in [3.63, 3.8) is 0 Å². The van der Waals surface area contributed by atoms with Gasteiger partial charge in [0, 0.05) is 25.6 Å². The van der Waals surface area contributed by atoms with Gasteiger partial charge in [-0.3, -0.25) is 9.59 Å². The average molecular weight is 460 g/mol. The lowest BCUT2D eigenvalue weighted by Gasteiger charge is -2.18. The van der Waals surface area contributed by atoms with Gasteiger partial charge < -0.3 is 10.2 Å². The first kappa shape index (κ1) is 22.5. The molecule has 33 heavy (non-hydrogen) atoms. The average Bonchev–Trinajstić information content (AvgIpc) is 3.30. The highest BCUT2D eigenvalue weighted by molar-refractivity contribution is 5.96. The molecule has 2 heterocycles. The molecule has 1 N–H and O–H groups in total. The van der Waals surface area contributed by atoms with E-state index in [1.54, 1.807) is 13.0 Å². The maximum absolute atomic E-state index is 13.2. The summed E-state index contributed by atoms with van der Waals surface area (Å²) in [5, 5.41) is 7.07. The van der Waals surface area contributed by atoms with Crippen molar-refractivity contribution in [2.75, 3.05) is 11.9 Å². The van der Waals surface area contributed by atoms with E-state index in [4.69, 9.17) is 0 Å². The highest BCUT2D eigenvalue weighted by Crippen LogP contribution is 2.30. The number of nitrogens with one attached hydrogen (secondary N) is 1. The molecule has 1 fully saturated rings. The maximum atomic E-state index is 13.2. The molecule has 0 bridgehead atoms. The number of carbonyl (C=O) groups is 2. The van der Waals surface area contributed by atoms with Gasteiger partial charge in [0.2, 0.25) is 11.8 Å². The Labute approximate surface area is 186 Å². The molecule has 0 aliphatic carbocycles. The highest BCUT2D eigenvalue weighted by Gasteiger charge is 2.35. The summed E-state index contributed by atoms with van der Waals surface area (Å²) in [5.74, 6) is -1.42. The Morgan fingerprint density at radius 1 is 1.15 bits per heavy atom. The fraction of sp³-hybridized carbons (Fsp3) is 0.261. The van der Waals surface area contributed by atoms with Gasteiger partial charge in [-0.25, -0.2) is 9.07 Å². The summed E-state index contributed by atoms with van der Waals surface area (Å²) >= 11 is 0. The molecule has 1 atom stereocenters. The van der Waals surface area contributed by atoms with Crippen LogP contribution in [-0.2, 0) is 22.3 Å². The van der Waals surface area contributed by atoms with Gasteiger partial charge in [0.25, 0.3) is 0 Å². The van der Waals surface area contributed by atoms with Gasteiger partial charge in [0.05, 0.1) is 22.9 Å². The number of benzene rings is 2. The predicted octanol–water partition coefficient (Wildman–Crippen LogP) is 4.33. The van der Waals surface area contributed by atoms with Gasteiger partial charge in [-0.2, -0.15) is 18.3 Å². The Balaban J connectivity index is 1.45. The van der Waals surface area contributed by atoms with Crippen LogP contribution in [0.15, 0.2) is 54.6 Å². The molecule has 0 saturated carbocycles. The van der Waals surface area contributed by atoms with Crippen LogP contribution < -0.4 is 5.32 Å². The molecule has 172 valence electrons. The zero-order chi connectivity index (χ0) is 23.8. The molecular weight excluding hydrogens is 440 g/mol. The molecule has 2 amide bonds. The van der Waals surface area contributed by atoms with Crippen LogP contribution in [0.25, 0.3) is 5.69 Å². The number of hydrogen-bond acceptors (Lipinski definition) is 3. The SMILES string of the molecule is Cc1cc(NC(=O)C2CC(=O)N(Cc3cccc(C(F)(F)F)c3)C2)n(-c2ccc(F)cc2)n1. The standard InChI is InChI=1S/C23H20F4N4O2/c1-14-9-20(31(29-14)19-7-5-18(24)6-8-19)28-22(33)16-11-21(32)30(13-16)12-15-3-2-4-17(10-15)23(25,26)27/h2-10,16H,11-13H2,1H3,(H,28,33). The molecule has 0 radical (unpaired) electrons. The molecule has 2 aromatic carbocycles. The maximum Gasteiger partial charge on any atom is 0.416 e. The van der Waals surface area contributed by atoms with E-state index in [1.165, 1.54) is 46.0 Å². The number of likely N-dealkylation sites (tertiary alicyclic amines) is 1. The van der Waals surface area contributed by atoms with Crippen molar-refractivity contribution < 1.29 is 27.2 Å². The first-order valence-corrected chi connectivity index (χ1v) is 10.2. The molecule has 3 aromatic rings. The molecule has 1 aliphatic rings. The van der Waals surface area contributed by atoms with Gasteiger partial charge in [-0.15, -0.1) is 0 Å². The number of nitrogens with zero attached hydrogens (tertiary/aromatic N) is 3. The summed E-state index contributed by atoms with van der Waals surface area (Å²) < 4.78 is 53.6. The summed E-state index contributed by atoms with van der Waals surface area (Å²) in [7, 11) is 0. The van der Waals surface area contributed by atoms with Crippen LogP contribution >= 0.6 is 0 Å². The normalized spacial score (nSPS) is 16.3. The number of halogens is 4. The van der Waals surface area contributed by atoms with Crippen molar-refractivity contribution in [2.45, 2.75) is 26.1 Å². The van der Waals surface area contributed by atoms with Gasteiger partial charge >= 0.3 is 6.18 Å². The number of amides is 2. The van der Waals surface area contributed by atoms with E-state index in [0.29, 0.717) is 22.8 Å². The summed E-state index contributed by atoms with van der Waals surface area (Å²) in [6.07, 6.45) is -4.52. The third-order valence-corrected chi connectivity index (χ3v) is 5.37. The van der Waals surface area contributed by atoms with Crippen LogP contribution in [0.4, 0.5) is 23.4 Å². The Kier molecular flexibility index (Phi) is 5.92. The molecule has 1 aliphatic heterocycles. The number of anilines is 1. The molecule has 1 unspecified atom stereocenters. The number of aromatic nitrogens is 2. The van der Waals surface area contributed by atoms with Crippen molar-refractivity contribution in [3.05, 3.63) is 77.2 Å². The fourth-order valence-corrected chi connectivity index (χ4v) is 3.76. The largest absolute Gasteiger partial charge is 0.416 e.